The number of ether oxygens (including phenoxy) is 1. The van der Waals surface area contributed by atoms with Crippen molar-refractivity contribution in [3.63, 3.8) is 0 Å². The second-order valence-electron chi connectivity index (χ2n) is 5.31. The van der Waals surface area contributed by atoms with Gasteiger partial charge in [-0.25, -0.2) is 0 Å². The third kappa shape index (κ3) is 11.8. The van der Waals surface area contributed by atoms with Crippen molar-refractivity contribution in [2.45, 2.75) is 46.1 Å². The van der Waals surface area contributed by atoms with E-state index in [0.29, 0.717) is 12.0 Å². The third-order valence-corrected chi connectivity index (χ3v) is 2.20. The SMILES string of the molecule is COCC[C@@H](O)CCCNCC(C)(C)C. The molecule has 0 saturated heterocycles. The standard InChI is InChI=1S/C12H27NO2/c1-12(2,3)10-13-8-5-6-11(14)7-9-15-4/h11,13-14H,5-10H2,1-4H3/t11-/m0/s1. The summed E-state index contributed by atoms with van der Waals surface area (Å²) in [5.41, 5.74) is 0.342. The van der Waals surface area contributed by atoms with Gasteiger partial charge in [0.25, 0.3) is 0 Å². The molecule has 0 unspecified atom stereocenters. The van der Waals surface area contributed by atoms with Crippen LogP contribution in [0.3, 0.4) is 0 Å². The highest BCUT2D eigenvalue weighted by Gasteiger charge is 2.08. The van der Waals surface area contributed by atoms with E-state index >= 15 is 0 Å². The van der Waals surface area contributed by atoms with Crippen molar-refractivity contribution in [1.82, 2.24) is 5.32 Å². The molecular formula is C12H27NO2. The Morgan fingerprint density at radius 3 is 2.47 bits per heavy atom. The van der Waals surface area contributed by atoms with Crippen LogP contribution >= 0.6 is 0 Å². The van der Waals surface area contributed by atoms with E-state index in [0.717, 1.165) is 32.4 Å². The van der Waals surface area contributed by atoms with Gasteiger partial charge in [-0.3, -0.25) is 0 Å². The topological polar surface area (TPSA) is 41.5 Å². The minimum Gasteiger partial charge on any atom is -0.393 e. The zero-order valence-corrected chi connectivity index (χ0v) is 10.7. The first-order chi connectivity index (χ1) is 6.95. The van der Waals surface area contributed by atoms with Crippen molar-refractivity contribution in [3.05, 3.63) is 0 Å². The van der Waals surface area contributed by atoms with Crippen LogP contribution in [0.5, 0.6) is 0 Å². The molecule has 0 amide bonds. The molecule has 92 valence electrons. The van der Waals surface area contributed by atoms with Crippen LogP contribution in [0.15, 0.2) is 0 Å². The largest absolute Gasteiger partial charge is 0.393 e. The Labute approximate surface area is 94.2 Å². The van der Waals surface area contributed by atoms with Crippen LogP contribution in [-0.4, -0.2) is 38.0 Å². The molecule has 2 N–H and O–H groups in total. The highest BCUT2D eigenvalue weighted by atomic mass is 16.5. The van der Waals surface area contributed by atoms with E-state index in [9.17, 15) is 5.11 Å². The summed E-state index contributed by atoms with van der Waals surface area (Å²) in [5.74, 6) is 0. The Bertz CT molecular complexity index is 143. The van der Waals surface area contributed by atoms with Gasteiger partial charge in [0, 0.05) is 13.7 Å². The molecule has 0 rings (SSSR count). The monoisotopic (exact) mass is 217 g/mol. The highest BCUT2D eigenvalue weighted by Crippen LogP contribution is 2.10. The molecule has 0 aromatic carbocycles. The zero-order valence-electron chi connectivity index (χ0n) is 10.7. The van der Waals surface area contributed by atoms with Gasteiger partial charge in [-0.1, -0.05) is 20.8 Å². The Kier molecular flexibility index (Phi) is 8.02. The van der Waals surface area contributed by atoms with Crippen LogP contribution < -0.4 is 5.32 Å². The van der Waals surface area contributed by atoms with Gasteiger partial charge in [-0.15, -0.1) is 0 Å². The molecule has 3 heteroatoms. The molecule has 0 fully saturated rings. The average molecular weight is 217 g/mol. The molecule has 3 nitrogen and oxygen atoms in total. The summed E-state index contributed by atoms with van der Waals surface area (Å²) in [4.78, 5) is 0. The molecule has 0 saturated carbocycles. The van der Waals surface area contributed by atoms with Gasteiger partial charge >= 0.3 is 0 Å². The molecule has 0 aliphatic rings. The fraction of sp³-hybridized carbons (Fsp3) is 1.00. The maximum Gasteiger partial charge on any atom is 0.0562 e. The van der Waals surface area contributed by atoms with Crippen molar-refractivity contribution in [2.75, 3.05) is 26.8 Å². The maximum absolute atomic E-state index is 9.53. The summed E-state index contributed by atoms with van der Waals surface area (Å²) in [6, 6.07) is 0. The van der Waals surface area contributed by atoms with Crippen LogP contribution in [0.25, 0.3) is 0 Å². The maximum atomic E-state index is 9.53. The molecule has 0 spiro atoms. The minimum atomic E-state index is -0.207. The zero-order chi connectivity index (χ0) is 11.7. The molecule has 0 bridgehead atoms. The first kappa shape index (κ1) is 14.9. The number of aliphatic hydroxyl groups is 1. The molecule has 0 aliphatic carbocycles. The fourth-order valence-electron chi connectivity index (χ4n) is 1.32. The van der Waals surface area contributed by atoms with Crippen LogP contribution in [-0.2, 0) is 4.74 Å². The lowest BCUT2D eigenvalue weighted by Crippen LogP contribution is -2.28. The van der Waals surface area contributed by atoms with Gasteiger partial charge in [-0.2, -0.15) is 0 Å². The van der Waals surface area contributed by atoms with E-state index in [2.05, 4.69) is 26.1 Å². The molecule has 1 atom stereocenters. The van der Waals surface area contributed by atoms with E-state index in [1.807, 2.05) is 0 Å². The van der Waals surface area contributed by atoms with Crippen LogP contribution in [0.1, 0.15) is 40.0 Å². The number of aliphatic hydroxyl groups excluding tert-OH is 1. The fourth-order valence-corrected chi connectivity index (χ4v) is 1.32. The first-order valence-electron chi connectivity index (χ1n) is 5.83. The van der Waals surface area contributed by atoms with E-state index in [1.165, 1.54) is 0 Å². The van der Waals surface area contributed by atoms with Gasteiger partial charge in [0.1, 0.15) is 0 Å². The molecule has 0 aromatic rings. The number of rotatable bonds is 8. The molecule has 0 aliphatic heterocycles. The highest BCUT2D eigenvalue weighted by molar-refractivity contribution is 4.65. The van der Waals surface area contributed by atoms with Gasteiger partial charge in [0.15, 0.2) is 0 Å². The van der Waals surface area contributed by atoms with Crippen molar-refractivity contribution in [1.29, 1.82) is 0 Å². The van der Waals surface area contributed by atoms with E-state index in [-0.39, 0.29) is 6.10 Å². The average Bonchev–Trinajstić information content (AvgIpc) is 2.12. The van der Waals surface area contributed by atoms with Crippen molar-refractivity contribution >= 4 is 0 Å². The van der Waals surface area contributed by atoms with Gasteiger partial charge < -0.3 is 15.2 Å². The molecule has 0 heterocycles. The first-order valence-corrected chi connectivity index (χ1v) is 5.83. The smallest absolute Gasteiger partial charge is 0.0562 e. The Morgan fingerprint density at radius 2 is 1.93 bits per heavy atom. The van der Waals surface area contributed by atoms with Crippen molar-refractivity contribution in [2.24, 2.45) is 5.41 Å². The lowest BCUT2D eigenvalue weighted by molar-refractivity contribution is 0.102. The lowest BCUT2D eigenvalue weighted by Gasteiger charge is -2.19. The second kappa shape index (κ2) is 8.08. The normalized spacial score (nSPS) is 14.2. The number of methoxy groups -OCH3 is 1. The number of hydrogen-bond donors (Lipinski definition) is 2. The van der Waals surface area contributed by atoms with Gasteiger partial charge in [-0.05, 0) is 37.8 Å². The third-order valence-electron chi connectivity index (χ3n) is 2.20. The summed E-state index contributed by atoms with van der Waals surface area (Å²) in [5, 5.41) is 12.9. The quantitative estimate of drug-likeness (QED) is 0.609. The Morgan fingerprint density at radius 1 is 1.27 bits per heavy atom. The Balaban J connectivity index is 3.23. The summed E-state index contributed by atoms with van der Waals surface area (Å²) in [6.45, 7) is 9.31. The molecule has 0 radical (unpaired) electrons. The van der Waals surface area contributed by atoms with Crippen LogP contribution in [0, 0.1) is 5.41 Å². The Hall–Kier alpha value is -0.120. The summed E-state index contributed by atoms with van der Waals surface area (Å²) in [6.07, 6.45) is 2.43. The minimum absolute atomic E-state index is 0.207. The van der Waals surface area contributed by atoms with E-state index in [1.54, 1.807) is 7.11 Å². The molecule has 0 aromatic heterocycles. The van der Waals surface area contributed by atoms with E-state index < -0.39 is 0 Å². The number of nitrogens with one attached hydrogen (secondary N) is 1. The predicted octanol–water partition coefficient (Wildman–Crippen LogP) is 1.80. The van der Waals surface area contributed by atoms with Crippen molar-refractivity contribution < 1.29 is 9.84 Å². The lowest BCUT2D eigenvalue weighted by atomic mass is 9.97. The van der Waals surface area contributed by atoms with E-state index in [4.69, 9.17) is 4.74 Å². The second-order valence-corrected chi connectivity index (χ2v) is 5.31. The molecule has 15 heavy (non-hydrogen) atoms. The predicted molar refractivity (Wildman–Crippen MR) is 64.1 cm³/mol. The van der Waals surface area contributed by atoms with Crippen molar-refractivity contribution in [3.8, 4) is 0 Å². The van der Waals surface area contributed by atoms with Gasteiger partial charge in [0.2, 0.25) is 0 Å². The summed E-state index contributed by atoms with van der Waals surface area (Å²) >= 11 is 0. The summed E-state index contributed by atoms with van der Waals surface area (Å²) in [7, 11) is 1.66. The van der Waals surface area contributed by atoms with Crippen LogP contribution in [0.2, 0.25) is 0 Å². The van der Waals surface area contributed by atoms with Crippen LogP contribution in [0.4, 0.5) is 0 Å². The summed E-state index contributed by atoms with van der Waals surface area (Å²) < 4.78 is 4.91. The number of hydrogen-bond acceptors (Lipinski definition) is 3. The molecular weight excluding hydrogens is 190 g/mol. The van der Waals surface area contributed by atoms with Gasteiger partial charge in [0.05, 0.1) is 6.10 Å².